The minimum Gasteiger partial charge on any atom is -0.493 e. The summed E-state index contributed by atoms with van der Waals surface area (Å²) in [7, 11) is 1.61. The van der Waals surface area contributed by atoms with Crippen molar-refractivity contribution in [1.82, 2.24) is 0 Å². The molecular weight excluding hydrogens is 283 g/mol. The zero-order valence-corrected chi connectivity index (χ0v) is 12.3. The zero-order chi connectivity index (χ0) is 13.8. The van der Waals surface area contributed by atoms with E-state index in [1.807, 2.05) is 31.2 Å². The van der Waals surface area contributed by atoms with E-state index in [9.17, 15) is 0 Å². The Morgan fingerprint density at radius 3 is 2.47 bits per heavy atom. The van der Waals surface area contributed by atoms with Gasteiger partial charge in [-0.15, -0.1) is 11.6 Å². The van der Waals surface area contributed by atoms with E-state index in [2.05, 4.69) is 0 Å². The number of hydrogen-bond acceptors (Lipinski definition) is 2. The average molecular weight is 297 g/mol. The molecule has 100 valence electrons. The topological polar surface area (TPSA) is 18.5 Å². The summed E-state index contributed by atoms with van der Waals surface area (Å²) >= 11 is 11.9. The van der Waals surface area contributed by atoms with Gasteiger partial charge < -0.3 is 9.47 Å². The third kappa shape index (κ3) is 3.34. The quantitative estimate of drug-likeness (QED) is 0.723. The second-order valence-electron chi connectivity index (χ2n) is 4.14. The van der Waals surface area contributed by atoms with Crippen molar-refractivity contribution in [2.75, 3.05) is 7.11 Å². The van der Waals surface area contributed by atoms with E-state index in [0.717, 1.165) is 11.1 Å². The van der Waals surface area contributed by atoms with E-state index >= 15 is 0 Å². The smallest absolute Gasteiger partial charge is 0.169 e. The molecule has 4 heteroatoms. The molecule has 0 heterocycles. The number of hydrogen-bond donors (Lipinski definition) is 0. The van der Waals surface area contributed by atoms with E-state index in [1.165, 1.54) is 0 Å². The van der Waals surface area contributed by atoms with Gasteiger partial charge in [-0.05, 0) is 36.8 Å². The van der Waals surface area contributed by atoms with Crippen LogP contribution in [0.5, 0.6) is 17.2 Å². The summed E-state index contributed by atoms with van der Waals surface area (Å²) < 4.78 is 11.2. The van der Waals surface area contributed by atoms with Gasteiger partial charge in [0.25, 0.3) is 0 Å². The van der Waals surface area contributed by atoms with Crippen molar-refractivity contribution in [3.8, 4) is 17.2 Å². The third-order valence-corrected chi connectivity index (χ3v) is 3.24. The second kappa shape index (κ2) is 6.18. The van der Waals surface area contributed by atoms with Crippen LogP contribution >= 0.6 is 23.2 Å². The van der Waals surface area contributed by atoms with Crippen molar-refractivity contribution in [3.05, 3.63) is 52.5 Å². The highest BCUT2D eigenvalue weighted by molar-refractivity contribution is 6.30. The number of aryl methyl sites for hydroxylation is 1. The molecule has 0 unspecified atom stereocenters. The molecule has 2 nitrogen and oxygen atoms in total. The van der Waals surface area contributed by atoms with Crippen LogP contribution in [-0.2, 0) is 5.88 Å². The lowest BCUT2D eigenvalue weighted by Crippen LogP contribution is -1.93. The van der Waals surface area contributed by atoms with Crippen molar-refractivity contribution in [2.24, 2.45) is 0 Å². The number of alkyl halides is 1. The fourth-order valence-corrected chi connectivity index (χ4v) is 2.09. The van der Waals surface area contributed by atoms with Gasteiger partial charge in [-0.1, -0.05) is 23.7 Å². The number of benzene rings is 2. The summed E-state index contributed by atoms with van der Waals surface area (Å²) in [4.78, 5) is 0. The van der Waals surface area contributed by atoms with Crippen molar-refractivity contribution in [3.63, 3.8) is 0 Å². The third-order valence-electron chi connectivity index (χ3n) is 2.71. The minimum atomic E-state index is 0.362. The van der Waals surface area contributed by atoms with Gasteiger partial charge in [-0.2, -0.15) is 0 Å². The van der Waals surface area contributed by atoms with Crippen LogP contribution in [0.1, 0.15) is 11.1 Å². The summed E-state index contributed by atoms with van der Waals surface area (Å²) in [5.41, 5.74) is 1.99. The molecule has 0 bridgehead atoms. The molecule has 0 saturated carbocycles. The predicted molar refractivity (Wildman–Crippen MR) is 78.8 cm³/mol. The standard InChI is InChI=1S/C15H14Cl2O2/c1-10-3-6-13(15(7-10)18-2)19-14-8-12(17)5-4-11(14)9-16/h3-8H,9H2,1-2H3. The van der Waals surface area contributed by atoms with Gasteiger partial charge >= 0.3 is 0 Å². The molecule has 0 saturated heterocycles. The lowest BCUT2D eigenvalue weighted by Gasteiger charge is -2.13. The SMILES string of the molecule is COc1cc(C)ccc1Oc1cc(Cl)ccc1CCl. The Hall–Kier alpha value is -1.38. The highest BCUT2D eigenvalue weighted by Gasteiger charge is 2.09. The van der Waals surface area contributed by atoms with Crippen molar-refractivity contribution in [2.45, 2.75) is 12.8 Å². The van der Waals surface area contributed by atoms with Crippen LogP contribution in [-0.4, -0.2) is 7.11 Å². The Morgan fingerprint density at radius 1 is 1.00 bits per heavy atom. The molecule has 2 aromatic carbocycles. The maximum Gasteiger partial charge on any atom is 0.169 e. The fourth-order valence-electron chi connectivity index (χ4n) is 1.71. The number of rotatable bonds is 4. The van der Waals surface area contributed by atoms with Gasteiger partial charge in [-0.25, -0.2) is 0 Å². The highest BCUT2D eigenvalue weighted by Crippen LogP contribution is 2.35. The summed E-state index contributed by atoms with van der Waals surface area (Å²) in [5, 5.41) is 0.606. The molecular formula is C15H14Cl2O2. The molecule has 2 aromatic rings. The van der Waals surface area contributed by atoms with Gasteiger partial charge in [0.15, 0.2) is 11.5 Å². The first kappa shape index (κ1) is 14.0. The molecule has 19 heavy (non-hydrogen) atoms. The first-order chi connectivity index (χ1) is 9.13. The van der Waals surface area contributed by atoms with Crippen molar-refractivity contribution >= 4 is 23.2 Å². The van der Waals surface area contributed by atoms with E-state index in [4.69, 9.17) is 32.7 Å². The van der Waals surface area contributed by atoms with Crippen LogP contribution in [0.3, 0.4) is 0 Å². The zero-order valence-electron chi connectivity index (χ0n) is 10.7. The largest absolute Gasteiger partial charge is 0.493 e. The van der Waals surface area contributed by atoms with Crippen LogP contribution in [0.15, 0.2) is 36.4 Å². The summed E-state index contributed by atoms with van der Waals surface area (Å²) in [6.45, 7) is 2.00. The number of halogens is 2. The molecule has 0 aromatic heterocycles. The summed E-state index contributed by atoms with van der Waals surface area (Å²) in [5.74, 6) is 2.33. The Bertz CT molecular complexity index is 582. The van der Waals surface area contributed by atoms with Gasteiger partial charge in [-0.3, -0.25) is 0 Å². The molecule has 0 radical (unpaired) electrons. The molecule has 0 aliphatic rings. The van der Waals surface area contributed by atoms with Crippen LogP contribution < -0.4 is 9.47 Å². The van der Waals surface area contributed by atoms with E-state index < -0.39 is 0 Å². The van der Waals surface area contributed by atoms with Crippen LogP contribution in [0.25, 0.3) is 0 Å². The predicted octanol–water partition coefficient (Wildman–Crippen LogP) is 5.19. The van der Waals surface area contributed by atoms with Gasteiger partial charge in [0, 0.05) is 10.6 Å². The first-order valence-electron chi connectivity index (χ1n) is 5.81. The number of methoxy groups -OCH3 is 1. The molecule has 0 aliphatic heterocycles. The van der Waals surface area contributed by atoms with E-state index in [-0.39, 0.29) is 0 Å². The van der Waals surface area contributed by atoms with Gasteiger partial charge in [0.05, 0.1) is 13.0 Å². The molecule has 0 aliphatic carbocycles. The highest BCUT2D eigenvalue weighted by atomic mass is 35.5. The van der Waals surface area contributed by atoms with E-state index in [0.29, 0.717) is 28.2 Å². The fraction of sp³-hybridized carbons (Fsp3) is 0.200. The first-order valence-corrected chi connectivity index (χ1v) is 6.72. The molecule has 0 fully saturated rings. The minimum absolute atomic E-state index is 0.362. The Labute approximate surface area is 122 Å². The van der Waals surface area contributed by atoms with E-state index in [1.54, 1.807) is 19.2 Å². The van der Waals surface area contributed by atoms with Crippen LogP contribution in [0, 0.1) is 6.92 Å². The Morgan fingerprint density at radius 2 is 1.79 bits per heavy atom. The molecule has 2 rings (SSSR count). The molecule has 0 N–H and O–H groups in total. The van der Waals surface area contributed by atoms with Gasteiger partial charge in [0.1, 0.15) is 5.75 Å². The van der Waals surface area contributed by atoms with Crippen LogP contribution in [0.4, 0.5) is 0 Å². The second-order valence-corrected chi connectivity index (χ2v) is 4.85. The van der Waals surface area contributed by atoms with Crippen molar-refractivity contribution < 1.29 is 9.47 Å². The summed E-state index contributed by atoms with van der Waals surface area (Å²) in [6.07, 6.45) is 0. The van der Waals surface area contributed by atoms with Crippen molar-refractivity contribution in [1.29, 1.82) is 0 Å². The lowest BCUT2D eigenvalue weighted by molar-refractivity contribution is 0.377. The molecule has 0 spiro atoms. The maximum absolute atomic E-state index is 5.98. The average Bonchev–Trinajstić information content (AvgIpc) is 2.41. The van der Waals surface area contributed by atoms with Gasteiger partial charge in [0.2, 0.25) is 0 Å². The number of ether oxygens (including phenoxy) is 2. The molecule has 0 amide bonds. The summed E-state index contributed by atoms with van der Waals surface area (Å²) in [6, 6.07) is 11.1. The Kier molecular flexibility index (Phi) is 4.56. The lowest BCUT2D eigenvalue weighted by atomic mass is 10.2. The Balaban J connectivity index is 2.38. The maximum atomic E-state index is 5.98. The van der Waals surface area contributed by atoms with Crippen LogP contribution in [0.2, 0.25) is 5.02 Å². The molecule has 0 atom stereocenters. The monoisotopic (exact) mass is 296 g/mol. The normalized spacial score (nSPS) is 10.3.